The Kier molecular flexibility index (Phi) is 2.96. The second-order valence-corrected chi connectivity index (χ2v) is 4.34. The highest BCUT2D eigenvalue weighted by Gasteiger charge is 2.20. The van der Waals surface area contributed by atoms with E-state index in [9.17, 15) is 0 Å². The number of pyridine rings is 1. The Morgan fingerprint density at radius 2 is 2.31 bits per heavy atom. The quantitative estimate of drug-likeness (QED) is 0.809. The second kappa shape index (κ2) is 4.20. The average molecular weight is 242 g/mol. The molecule has 70 valence electrons. The lowest BCUT2D eigenvalue weighted by molar-refractivity contribution is 0.109. The second-order valence-electron chi connectivity index (χ2n) is 3.43. The van der Waals surface area contributed by atoms with E-state index >= 15 is 0 Å². The van der Waals surface area contributed by atoms with Gasteiger partial charge in [0, 0.05) is 17.3 Å². The third kappa shape index (κ3) is 3.08. The molecule has 13 heavy (non-hydrogen) atoms. The molecule has 0 atom stereocenters. The van der Waals surface area contributed by atoms with E-state index in [0.29, 0.717) is 6.61 Å². The van der Waals surface area contributed by atoms with Crippen LogP contribution >= 0.6 is 15.9 Å². The van der Waals surface area contributed by atoms with Gasteiger partial charge < -0.3 is 4.74 Å². The summed E-state index contributed by atoms with van der Waals surface area (Å²) in [4.78, 5) is 4.22. The highest BCUT2D eigenvalue weighted by Crippen LogP contribution is 2.28. The van der Waals surface area contributed by atoms with Crippen molar-refractivity contribution in [3.05, 3.63) is 28.5 Å². The molecule has 0 bridgehead atoms. The molecule has 0 unspecified atom stereocenters. The van der Waals surface area contributed by atoms with E-state index in [0.717, 1.165) is 22.7 Å². The van der Waals surface area contributed by atoms with Gasteiger partial charge in [-0.1, -0.05) is 0 Å². The molecule has 0 aliphatic heterocycles. The van der Waals surface area contributed by atoms with Crippen molar-refractivity contribution in [3.63, 3.8) is 0 Å². The van der Waals surface area contributed by atoms with Gasteiger partial charge in [-0.3, -0.25) is 4.98 Å². The third-order valence-electron chi connectivity index (χ3n) is 2.09. The molecule has 1 heterocycles. The number of hydrogen-bond acceptors (Lipinski definition) is 2. The number of halogens is 1. The first-order valence-electron chi connectivity index (χ1n) is 4.53. The van der Waals surface area contributed by atoms with Gasteiger partial charge in [0.1, 0.15) is 0 Å². The van der Waals surface area contributed by atoms with E-state index in [2.05, 4.69) is 20.9 Å². The van der Waals surface area contributed by atoms with Crippen LogP contribution in [0.25, 0.3) is 0 Å². The first-order chi connectivity index (χ1) is 6.34. The van der Waals surface area contributed by atoms with Gasteiger partial charge in [-0.05, 0) is 46.8 Å². The normalized spacial score (nSPS) is 16.1. The Morgan fingerprint density at radius 1 is 1.46 bits per heavy atom. The lowest BCUT2D eigenvalue weighted by Crippen LogP contribution is -1.98. The predicted molar refractivity (Wildman–Crippen MR) is 54.3 cm³/mol. The monoisotopic (exact) mass is 241 g/mol. The Morgan fingerprint density at radius 3 is 2.92 bits per heavy atom. The van der Waals surface area contributed by atoms with Gasteiger partial charge in [0.2, 0.25) is 0 Å². The molecule has 0 saturated heterocycles. The summed E-state index contributed by atoms with van der Waals surface area (Å²) in [5, 5.41) is 0. The molecule has 1 fully saturated rings. The standard InChI is InChI=1S/C10H12BrNO/c11-9-3-4-10(12-5-9)7-13-6-8-1-2-8/h3-5,8H,1-2,6-7H2. The summed E-state index contributed by atoms with van der Waals surface area (Å²) >= 11 is 3.34. The van der Waals surface area contributed by atoms with Crippen LogP contribution in [0.1, 0.15) is 18.5 Å². The van der Waals surface area contributed by atoms with Gasteiger partial charge >= 0.3 is 0 Å². The molecule has 1 aliphatic rings. The Hall–Kier alpha value is -0.410. The van der Waals surface area contributed by atoms with Crippen molar-refractivity contribution in [1.29, 1.82) is 0 Å². The zero-order chi connectivity index (χ0) is 9.10. The summed E-state index contributed by atoms with van der Waals surface area (Å²) in [7, 11) is 0. The summed E-state index contributed by atoms with van der Waals surface area (Å²) in [5.41, 5.74) is 1.00. The smallest absolute Gasteiger partial charge is 0.0887 e. The molecule has 1 aromatic heterocycles. The molecule has 0 amide bonds. The minimum Gasteiger partial charge on any atom is -0.375 e. The van der Waals surface area contributed by atoms with E-state index in [1.807, 2.05) is 12.1 Å². The van der Waals surface area contributed by atoms with Gasteiger partial charge in [0.05, 0.1) is 12.3 Å². The maximum absolute atomic E-state index is 5.51. The maximum atomic E-state index is 5.51. The fourth-order valence-electron chi connectivity index (χ4n) is 1.11. The first kappa shape index (κ1) is 9.16. The maximum Gasteiger partial charge on any atom is 0.0887 e. The van der Waals surface area contributed by atoms with Gasteiger partial charge in [0.25, 0.3) is 0 Å². The summed E-state index contributed by atoms with van der Waals surface area (Å²) in [6, 6.07) is 3.97. The summed E-state index contributed by atoms with van der Waals surface area (Å²) < 4.78 is 6.52. The predicted octanol–water partition coefficient (Wildman–Crippen LogP) is 2.77. The van der Waals surface area contributed by atoms with Crippen LogP contribution in [-0.2, 0) is 11.3 Å². The van der Waals surface area contributed by atoms with E-state index in [1.165, 1.54) is 12.8 Å². The molecule has 1 aromatic rings. The van der Waals surface area contributed by atoms with Crippen LogP contribution in [0.3, 0.4) is 0 Å². The van der Waals surface area contributed by atoms with Crippen LogP contribution in [0.5, 0.6) is 0 Å². The molecule has 3 heteroatoms. The Labute approximate surface area is 86.5 Å². The molecule has 1 saturated carbocycles. The van der Waals surface area contributed by atoms with E-state index in [1.54, 1.807) is 6.20 Å². The highest BCUT2D eigenvalue weighted by atomic mass is 79.9. The summed E-state index contributed by atoms with van der Waals surface area (Å²) in [5.74, 6) is 0.829. The van der Waals surface area contributed by atoms with Crippen LogP contribution in [0.4, 0.5) is 0 Å². The van der Waals surface area contributed by atoms with E-state index < -0.39 is 0 Å². The van der Waals surface area contributed by atoms with Crippen molar-refractivity contribution in [1.82, 2.24) is 4.98 Å². The van der Waals surface area contributed by atoms with Crippen molar-refractivity contribution >= 4 is 15.9 Å². The molecule has 2 rings (SSSR count). The fraction of sp³-hybridized carbons (Fsp3) is 0.500. The minimum absolute atomic E-state index is 0.643. The van der Waals surface area contributed by atoms with Gasteiger partial charge in [-0.25, -0.2) is 0 Å². The number of ether oxygens (including phenoxy) is 1. The SMILES string of the molecule is Brc1ccc(COCC2CC2)nc1. The third-order valence-corrected chi connectivity index (χ3v) is 2.56. The van der Waals surface area contributed by atoms with Crippen LogP contribution in [0.15, 0.2) is 22.8 Å². The molecule has 0 spiro atoms. The van der Waals surface area contributed by atoms with Crippen molar-refractivity contribution < 1.29 is 4.74 Å². The lowest BCUT2D eigenvalue weighted by Gasteiger charge is -2.01. The van der Waals surface area contributed by atoms with Gasteiger partial charge in [0.15, 0.2) is 0 Å². The largest absolute Gasteiger partial charge is 0.375 e. The van der Waals surface area contributed by atoms with Crippen molar-refractivity contribution in [2.75, 3.05) is 6.61 Å². The van der Waals surface area contributed by atoms with Crippen LogP contribution < -0.4 is 0 Å². The average Bonchev–Trinajstić information content (AvgIpc) is 2.92. The molecule has 0 aromatic carbocycles. The number of hydrogen-bond donors (Lipinski definition) is 0. The Bertz CT molecular complexity index is 269. The van der Waals surface area contributed by atoms with Crippen molar-refractivity contribution in [2.24, 2.45) is 5.92 Å². The molecule has 0 N–H and O–H groups in total. The summed E-state index contributed by atoms with van der Waals surface area (Å²) in [6.07, 6.45) is 4.48. The van der Waals surface area contributed by atoms with Gasteiger partial charge in [-0.15, -0.1) is 0 Å². The van der Waals surface area contributed by atoms with Crippen LogP contribution in [-0.4, -0.2) is 11.6 Å². The molecular formula is C10H12BrNO. The van der Waals surface area contributed by atoms with E-state index in [4.69, 9.17) is 4.74 Å². The minimum atomic E-state index is 0.643. The zero-order valence-corrected chi connectivity index (χ0v) is 8.96. The van der Waals surface area contributed by atoms with Crippen molar-refractivity contribution in [3.8, 4) is 0 Å². The number of nitrogens with zero attached hydrogens (tertiary/aromatic N) is 1. The van der Waals surface area contributed by atoms with Crippen LogP contribution in [0.2, 0.25) is 0 Å². The number of aromatic nitrogens is 1. The van der Waals surface area contributed by atoms with Crippen LogP contribution in [0, 0.1) is 5.92 Å². The van der Waals surface area contributed by atoms with E-state index in [-0.39, 0.29) is 0 Å². The first-order valence-corrected chi connectivity index (χ1v) is 5.32. The summed E-state index contributed by atoms with van der Waals surface area (Å²) in [6.45, 7) is 1.54. The van der Waals surface area contributed by atoms with Gasteiger partial charge in [-0.2, -0.15) is 0 Å². The van der Waals surface area contributed by atoms with Crippen molar-refractivity contribution in [2.45, 2.75) is 19.4 Å². The molecular weight excluding hydrogens is 230 g/mol. The lowest BCUT2D eigenvalue weighted by atomic mass is 10.4. The fourth-order valence-corrected chi connectivity index (χ4v) is 1.34. The highest BCUT2D eigenvalue weighted by molar-refractivity contribution is 9.10. The topological polar surface area (TPSA) is 22.1 Å². The Balaban J connectivity index is 1.76. The molecule has 2 nitrogen and oxygen atoms in total. The molecule has 1 aliphatic carbocycles. The molecule has 0 radical (unpaired) electrons. The zero-order valence-electron chi connectivity index (χ0n) is 7.37. The number of rotatable bonds is 4.